The van der Waals surface area contributed by atoms with E-state index in [1.165, 1.54) is 6.42 Å². The van der Waals surface area contributed by atoms with Crippen molar-refractivity contribution in [2.24, 2.45) is 21.9 Å². The van der Waals surface area contributed by atoms with Gasteiger partial charge in [0.1, 0.15) is 0 Å². The summed E-state index contributed by atoms with van der Waals surface area (Å²) < 4.78 is 0. The molecule has 4 heteroatoms. The maximum Gasteiger partial charge on any atom is 0.188 e. The lowest BCUT2D eigenvalue weighted by Gasteiger charge is -2.16. The summed E-state index contributed by atoms with van der Waals surface area (Å²) in [6.45, 7) is 8.75. The van der Waals surface area contributed by atoms with Gasteiger partial charge >= 0.3 is 0 Å². The Bertz CT molecular complexity index is 169. The molecule has 0 aliphatic heterocycles. The van der Waals surface area contributed by atoms with Crippen LogP contribution in [0.25, 0.3) is 0 Å². The van der Waals surface area contributed by atoms with E-state index >= 15 is 0 Å². The third kappa shape index (κ3) is 9.32. The fourth-order valence-electron chi connectivity index (χ4n) is 1.07. The minimum atomic E-state index is 0.384. The average molecular weight is 200 g/mol. The van der Waals surface area contributed by atoms with Gasteiger partial charge in [-0.05, 0) is 18.3 Å². The molecule has 0 fully saturated rings. The van der Waals surface area contributed by atoms with Gasteiger partial charge in [0.05, 0.1) is 0 Å². The van der Waals surface area contributed by atoms with Crippen molar-refractivity contribution in [2.45, 2.75) is 33.6 Å². The van der Waals surface area contributed by atoms with Crippen molar-refractivity contribution in [1.29, 1.82) is 0 Å². The summed E-state index contributed by atoms with van der Waals surface area (Å²) in [6.07, 6.45) is 2.25. The zero-order valence-electron chi connectivity index (χ0n) is 9.64. The van der Waals surface area contributed by atoms with Gasteiger partial charge in [0, 0.05) is 19.6 Å². The monoisotopic (exact) mass is 200 g/mol. The lowest BCUT2D eigenvalue weighted by molar-refractivity contribution is 0.368. The Labute approximate surface area is 87.1 Å². The molecule has 0 amide bonds. The van der Waals surface area contributed by atoms with Crippen LogP contribution in [0.3, 0.4) is 0 Å². The normalized spacial score (nSPS) is 13.0. The van der Waals surface area contributed by atoms with E-state index in [0.717, 1.165) is 13.0 Å². The molecule has 0 spiro atoms. The van der Waals surface area contributed by atoms with E-state index in [1.54, 1.807) is 0 Å². The molecule has 0 heterocycles. The molecule has 84 valence electrons. The molecule has 0 aromatic rings. The van der Waals surface area contributed by atoms with Crippen LogP contribution in [-0.4, -0.2) is 25.6 Å². The molecule has 4 nitrogen and oxygen atoms in total. The third-order valence-electron chi connectivity index (χ3n) is 1.82. The van der Waals surface area contributed by atoms with Crippen LogP contribution in [0.1, 0.15) is 33.6 Å². The molecule has 0 aliphatic carbocycles. The van der Waals surface area contributed by atoms with E-state index in [0.29, 0.717) is 24.5 Å². The molecule has 0 aromatic carbocycles. The number of nitrogens with zero attached hydrogens (tertiary/aromatic N) is 1. The third-order valence-corrected chi connectivity index (χ3v) is 1.82. The molecule has 0 aromatic heterocycles. The number of aliphatic imine (C=N–C) groups is 1. The van der Waals surface area contributed by atoms with Gasteiger partial charge in [0.15, 0.2) is 5.96 Å². The highest BCUT2D eigenvalue weighted by atomic mass is 15.1. The van der Waals surface area contributed by atoms with Crippen LogP contribution in [0.2, 0.25) is 0 Å². The summed E-state index contributed by atoms with van der Waals surface area (Å²) in [4.78, 5) is 4.19. The average Bonchev–Trinajstić information content (AvgIpc) is 2.07. The summed E-state index contributed by atoms with van der Waals surface area (Å²) >= 11 is 0. The molecule has 14 heavy (non-hydrogen) atoms. The minimum Gasteiger partial charge on any atom is -0.370 e. The largest absolute Gasteiger partial charge is 0.370 e. The Hall–Kier alpha value is -0.770. The van der Waals surface area contributed by atoms with E-state index < -0.39 is 0 Å². The molecule has 0 atom stereocenters. The van der Waals surface area contributed by atoms with Crippen molar-refractivity contribution in [3.63, 3.8) is 0 Å². The van der Waals surface area contributed by atoms with Crippen molar-refractivity contribution in [3.05, 3.63) is 0 Å². The van der Waals surface area contributed by atoms with E-state index in [1.807, 2.05) is 0 Å². The van der Waals surface area contributed by atoms with Gasteiger partial charge in [-0.1, -0.05) is 20.8 Å². The van der Waals surface area contributed by atoms with Gasteiger partial charge in [-0.2, -0.15) is 0 Å². The van der Waals surface area contributed by atoms with Crippen LogP contribution >= 0.6 is 0 Å². The Morgan fingerprint density at radius 1 is 1.36 bits per heavy atom. The van der Waals surface area contributed by atoms with E-state index in [9.17, 15) is 0 Å². The topological polar surface area (TPSA) is 76.4 Å². The molecule has 0 bridgehead atoms. The van der Waals surface area contributed by atoms with Crippen molar-refractivity contribution in [3.8, 4) is 0 Å². The first-order valence-corrected chi connectivity index (χ1v) is 5.19. The van der Waals surface area contributed by atoms with Gasteiger partial charge in [-0.15, -0.1) is 0 Å². The van der Waals surface area contributed by atoms with Gasteiger partial charge in [-0.25, -0.2) is 0 Å². The zero-order valence-corrected chi connectivity index (χ0v) is 9.64. The number of hydrogen-bond donors (Lipinski definition) is 3. The Balaban J connectivity index is 3.51. The molecule has 0 aliphatic rings. The maximum absolute atomic E-state index is 5.59. The highest BCUT2D eigenvalue weighted by Gasteiger charge is 2.08. The first-order chi connectivity index (χ1) is 6.45. The molecule has 0 unspecified atom stereocenters. The van der Waals surface area contributed by atoms with Crippen molar-refractivity contribution in [2.75, 3.05) is 19.6 Å². The van der Waals surface area contributed by atoms with Gasteiger partial charge in [-0.3, -0.25) is 4.99 Å². The van der Waals surface area contributed by atoms with Crippen LogP contribution in [0.15, 0.2) is 4.99 Å². The minimum absolute atomic E-state index is 0.384. The quantitative estimate of drug-likeness (QED) is 0.347. The second-order valence-corrected chi connectivity index (χ2v) is 4.65. The Morgan fingerprint density at radius 3 is 2.50 bits per heavy atom. The van der Waals surface area contributed by atoms with Crippen LogP contribution in [-0.2, 0) is 0 Å². The van der Waals surface area contributed by atoms with Crippen LogP contribution in [0, 0.1) is 5.41 Å². The molecule has 5 N–H and O–H groups in total. The zero-order chi connectivity index (χ0) is 11.0. The summed E-state index contributed by atoms with van der Waals surface area (Å²) in [5.74, 6) is 0.504. The van der Waals surface area contributed by atoms with Crippen molar-refractivity contribution >= 4 is 5.96 Å². The van der Waals surface area contributed by atoms with Crippen molar-refractivity contribution in [1.82, 2.24) is 5.32 Å². The van der Waals surface area contributed by atoms with E-state index in [4.69, 9.17) is 11.5 Å². The SMILES string of the molecule is CC(C)(C)CCCN=C(N)NCCN. The van der Waals surface area contributed by atoms with Gasteiger partial charge in [0.25, 0.3) is 0 Å². The van der Waals surface area contributed by atoms with Crippen LogP contribution < -0.4 is 16.8 Å². The summed E-state index contributed by atoms with van der Waals surface area (Å²) in [5.41, 5.74) is 11.3. The smallest absolute Gasteiger partial charge is 0.188 e. The number of hydrogen-bond acceptors (Lipinski definition) is 2. The summed E-state index contributed by atoms with van der Waals surface area (Å²) in [5, 5.41) is 2.93. The van der Waals surface area contributed by atoms with Crippen LogP contribution in [0.4, 0.5) is 0 Å². The lowest BCUT2D eigenvalue weighted by atomic mass is 9.91. The van der Waals surface area contributed by atoms with Crippen LogP contribution in [0.5, 0.6) is 0 Å². The summed E-state index contributed by atoms with van der Waals surface area (Å²) in [7, 11) is 0. The van der Waals surface area contributed by atoms with E-state index in [2.05, 4.69) is 31.1 Å². The number of nitrogens with one attached hydrogen (secondary N) is 1. The number of rotatable bonds is 5. The second kappa shape index (κ2) is 6.65. The fourth-order valence-corrected chi connectivity index (χ4v) is 1.07. The molecular formula is C10H24N4. The first-order valence-electron chi connectivity index (χ1n) is 5.19. The number of guanidine groups is 1. The maximum atomic E-state index is 5.59. The summed E-state index contributed by atoms with van der Waals surface area (Å²) in [6, 6.07) is 0. The van der Waals surface area contributed by atoms with Gasteiger partial charge in [0.2, 0.25) is 0 Å². The molecule has 0 saturated heterocycles. The Kier molecular flexibility index (Phi) is 6.28. The number of nitrogens with two attached hydrogens (primary N) is 2. The molecule has 0 rings (SSSR count). The Morgan fingerprint density at radius 2 is 2.00 bits per heavy atom. The standard InChI is InChI=1S/C10H24N4/c1-10(2,3)5-4-7-13-9(12)14-8-6-11/h4-8,11H2,1-3H3,(H3,12,13,14). The molecule has 0 saturated carbocycles. The van der Waals surface area contributed by atoms with Crippen molar-refractivity contribution < 1.29 is 0 Å². The predicted molar refractivity (Wildman–Crippen MR) is 62.2 cm³/mol. The lowest BCUT2D eigenvalue weighted by Crippen LogP contribution is -2.35. The predicted octanol–water partition coefficient (Wildman–Crippen LogP) is 0.676. The highest BCUT2D eigenvalue weighted by molar-refractivity contribution is 5.77. The van der Waals surface area contributed by atoms with E-state index in [-0.39, 0.29) is 0 Å². The molecular weight excluding hydrogens is 176 g/mol. The fraction of sp³-hybridized carbons (Fsp3) is 0.900. The van der Waals surface area contributed by atoms with Gasteiger partial charge < -0.3 is 16.8 Å². The molecule has 0 radical (unpaired) electrons. The first kappa shape index (κ1) is 13.2. The highest BCUT2D eigenvalue weighted by Crippen LogP contribution is 2.19. The second-order valence-electron chi connectivity index (χ2n) is 4.65.